The Balaban J connectivity index is 1.65. The smallest absolute Gasteiger partial charge is 0.253 e. The monoisotopic (exact) mass is 380 g/mol. The minimum absolute atomic E-state index is 0.00443. The Bertz CT molecular complexity index is 864. The highest BCUT2D eigenvalue weighted by Gasteiger charge is 2.39. The van der Waals surface area contributed by atoms with Gasteiger partial charge in [-0.05, 0) is 56.5 Å². The van der Waals surface area contributed by atoms with E-state index in [0.29, 0.717) is 25.2 Å². The fourth-order valence-corrected chi connectivity index (χ4v) is 3.74. The molecular formula is C23H28N2O3. The van der Waals surface area contributed by atoms with Crippen molar-refractivity contribution < 1.29 is 14.3 Å². The van der Waals surface area contributed by atoms with E-state index in [1.165, 1.54) is 0 Å². The molecule has 2 aromatic carbocycles. The van der Waals surface area contributed by atoms with E-state index in [2.05, 4.69) is 5.32 Å². The highest BCUT2D eigenvalue weighted by Crippen LogP contribution is 2.31. The van der Waals surface area contributed by atoms with Crippen LogP contribution < -0.4 is 10.1 Å². The highest BCUT2D eigenvalue weighted by atomic mass is 16.5. The van der Waals surface area contributed by atoms with Gasteiger partial charge in [0.25, 0.3) is 5.91 Å². The van der Waals surface area contributed by atoms with Crippen LogP contribution >= 0.6 is 0 Å². The van der Waals surface area contributed by atoms with Crippen molar-refractivity contribution >= 4 is 11.8 Å². The van der Waals surface area contributed by atoms with Crippen LogP contribution in [0.4, 0.5) is 0 Å². The van der Waals surface area contributed by atoms with Crippen molar-refractivity contribution in [1.82, 2.24) is 10.2 Å². The summed E-state index contributed by atoms with van der Waals surface area (Å²) in [5.74, 6) is 0.748. The summed E-state index contributed by atoms with van der Waals surface area (Å²) in [4.78, 5) is 27.6. The second-order valence-electron chi connectivity index (χ2n) is 7.79. The Morgan fingerprint density at radius 3 is 2.71 bits per heavy atom. The fraction of sp³-hybridized carbons (Fsp3) is 0.391. The van der Waals surface area contributed by atoms with Gasteiger partial charge in [-0.2, -0.15) is 0 Å². The zero-order chi connectivity index (χ0) is 20.1. The molecule has 0 radical (unpaired) electrons. The molecule has 1 aliphatic rings. The predicted octanol–water partition coefficient (Wildman–Crippen LogP) is 3.56. The highest BCUT2D eigenvalue weighted by molar-refractivity contribution is 5.95. The molecule has 0 saturated carbocycles. The number of rotatable bonds is 5. The quantitative estimate of drug-likeness (QED) is 0.863. The summed E-state index contributed by atoms with van der Waals surface area (Å²) < 4.78 is 5.23. The third kappa shape index (κ3) is 4.53. The fourth-order valence-electron chi connectivity index (χ4n) is 3.74. The molecule has 1 aliphatic heterocycles. The first-order valence-electron chi connectivity index (χ1n) is 9.68. The minimum atomic E-state index is -0.587. The molecule has 0 aliphatic carbocycles. The van der Waals surface area contributed by atoms with Crippen LogP contribution in [0.15, 0.2) is 48.5 Å². The number of carbonyl (C=O) groups excluding carboxylic acids is 2. The van der Waals surface area contributed by atoms with Gasteiger partial charge in [0.05, 0.1) is 12.5 Å². The molecule has 2 aromatic rings. The number of benzene rings is 2. The molecule has 0 aromatic heterocycles. The second-order valence-corrected chi connectivity index (χ2v) is 7.79. The average Bonchev–Trinajstić information content (AvgIpc) is 2.71. The Kier molecular flexibility index (Phi) is 6.02. The number of methoxy groups -OCH3 is 1. The lowest BCUT2D eigenvalue weighted by atomic mass is 9.80. The summed E-state index contributed by atoms with van der Waals surface area (Å²) in [6.45, 7) is 5.49. The third-order valence-electron chi connectivity index (χ3n) is 5.38. The summed E-state index contributed by atoms with van der Waals surface area (Å²) in [5.41, 5.74) is 2.14. The molecule has 0 bridgehead atoms. The summed E-state index contributed by atoms with van der Waals surface area (Å²) in [6, 6.07) is 15.3. The van der Waals surface area contributed by atoms with Gasteiger partial charge in [0.1, 0.15) is 5.75 Å². The number of aryl methyl sites for hydroxylation is 1. The molecule has 2 amide bonds. The zero-order valence-electron chi connectivity index (χ0n) is 16.8. The number of piperidine rings is 1. The topological polar surface area (TPSA) is 58.6 Å². The van der Waals surface area contributed by atoms with Crippen molar-refractivity contribution in [2.45, 2.75) is 33.2 Å². The predicted molar refractivity (Wildman–Crippen MR) is 109 cm³/mol. The van der Waals surface area contributed by atoms with Crippen LogP contribution in [0.2, 0.25) is 0 Å². The maximum Gasteiger partial charge on any atom is 0.253 e. The zero-order valence-corrected chi connectivity index (χ0v) is 16.8. The minimum Gasteiger partial charge on any atom is -0.497 e. The first kappa shape index (κ1) is 19.9. The summed E-state index contributed by atoms with van der Waals surface area (Å²) in [6.07, 6.45) is 1.59. The van der Waals surface area contributed by atoms with Gasteiger partial charge in [0.2, 0.25) is 5.91 Å². The molecule has 28 heavy (non-hydrogen) atoms. The molecule has 1 heterocycles. The Morgan fingerprint density at radius 2 is 1.96 bits per heavy atom. The number of nitrogens with zero attached hydrogens (tertiary/aromatic N) is 1. The first-order chi connectivity index (χ1) is 13.4. The lowest BCUT2D eigenvalue weighted by molar-refractivity contribution is -0.132. The molecule has 5 nitrogen and oxygen atoms in total. The van der Waals surface area contributed by atoms with Gasteiger partial charge in [-0.15, -0.1) is 0 Å². The third-order valence-corrected chi connectivity index (χ3v) is 5.38. The van der Waals surface area contributed by atoms with E-state index in [9.17, 15) is 9.59 Å². The molecular weight excluding hydrogens is 352 g/mol. The van der Waals surface area contributed by atoms with Crippen molar-refractivity contribution in [3.8, 4) is 5.75 Å². The average molecular weight is 380 g/mol. The lowest BCUT2D eigenvalue weighted by Gasteiger charge is -2.39. The second kappa shape index (κ2) is 8.46. The molecule has 5 heteroatoms. The van der Waals surface area contributed by atoms with E-state index < -0.39 is 5.41 Å². The van der Waals surface area contributed by atoms with Crippen LogP contribution in [0.5, 0.6) is 5.75 Å². The molecule has 1 N–H and O–H groups in total. The Hall–Kier alpha value is -2.82. The van der Waals surface area contributed by atoms with E-state index in [1.54, 1.807) is 7.11 Å². The largest absolute Gasteiger partial charge is 0.497 e. The maximum atomic E-state index is 12.9. The van der Waals surface area contributed by atoms with E-state index in [-0.39, 0.29) is 11.8 Å². The van der Waals surface area contributed by atoms with Crippen molar-refractivity contribution in [1.29, 1.82) is 0 Å². The summed E-state index contributed by atoms with van der Waals surface area (Å²) in [7, 11) is 1.63. The molecule has 1 fully saturated rings. The maximum absolute atomic E-state index is 12.9. The van der Waals surface area contributed by atoms with Crippen LogP contribution in [-0.2, 0) is 11.3 Å². The van der Waals surface area contributed by atoms with Gasteiger partial charge in [0, 0.05) is 25.2 Å². The van der Waals surface area contributed by atoms with E-state index >= 15 is 0 Å². The molecule has 3 rings (SSSR count). The Morgan fingerprint density at radius 1 is 1.18 bits per heavy atom. The standard InChI is InChI=1S/C23H28N2O3/c1-17-7-4-9-19(13-17)21(26)25-12-6-11-23(2,16-25)22(27)24-15-18-8-5-10-20(14-18)28-3/h4-5,7-10,13-14H,6,11-12,15-16H2,1-3H3,(H,24,27)/t23-/m1/s1. The number of ether oxygens (including phenoxy) is 1. The van der Waals surface area contributed by atoms with Gasteiger partial charge in [-0.25, -0.2) is 0 Å². The number of hydrogen-bond acceptors (Lipinski definition) is 3. The first-order valence-corrected chi connectivity index (χ1v) is 9.68. The van der Waals surface area contributed by atoms with E-state index in [4.69, 9.17) is 4.74 Å². The number of nitrogens with one attached hydrogen (secondary N) is 1. The van der Waals surface area contributed by atoms with Gasteiger partial charge in [-0.3, -0.25) is 9.59 Å². The van der Waals surface area contributed by atoms with Crippen molar-refractivity contribution in [2.75, 3.05) is 20.2 Å². The van der Waals surface area contributed by atoms with Crippen LogP contribution in [0.25, 0.3) is 0 Å². The normalized spacial score (nSPS) is 19.2. The number of amides is 2. The van der Waals surface area contributed by atoms with Crippen LogP contribution in [0.1, 0.15) is 41.3 Å². The van der Waals surface area contributed by atoms with Gasteiger partial charge < -0.3 is 15.0 Å². The van der Waals surface area contributed by atoms with E-state index in [1.807, 2.05) is 67.3 Å². The van der Waals surface area contributed by atoms with Crippen molar-refractivity contribution in [2.24, 2.45) is 5.41 Å². The van der Waals surface area contributed by atoms with Crippen molar-refractivity contribution in [3.63, 3.8) is 0 Å². The van der Waals surface area contributed by atoms with Gasteiger partial charge in [0.15, 0.2) is 0 Å². The molecule has 1 atom stereocenters. The van der Waals surface area contributed by atoms with Crippen LogP contribution in [-0.4, -0.2) is 36.9 Å². The van der Waals surface area contributed by atoms with Gasteiger partial charge in [-0.1, -0.05) is 29.8 Å². The molecule has 148 valence electrons. The SMILES string of the molecule is COc1cccc(CNC(=O)[C@]2(C)CCCN(C(=O)c3cccc(C)c3)C2)c1. The number of carbonyl (C=O) groups is 2. The van der Waals surface area contributed by atoms with Crippen LogP contribution in [0, 0.1) is 12.3 Å². The number of hydrogen-bond donors (Lipinski definition) is 1. The molecule has 0 spiro atoms. The molecule has 1 saturated heterocycles. The Labute approximate surface area is 166 Å². The molecule has 0 unspecified atom stereocenters. The summed E-state index contributed by atoms with van der Waals surface area (Å²) in [5, 5.41) is 3.04. The van der Waals surface area contributed by atoms with Crippen LogP contribution in [0.3, 0.4) is 0 Å². The van der Waals surface area contributed by atoms with Gasteiger partial charge >= 0.3 is 0 Å². The van der Waals surface area contributed by atoms with Crippen molar-refractivity contribution in [3.05, 3.63) is 65.2 Å². The lowest BCUT2D eigenvalue weighted by Crippen LogP contribution is -2.51. The summed E-state index contributed by atoms with van der Waals surface area (Å²) >= 11 is 0. The number of likely N-dealkylation sites (tertiary alicyclic amines) is 1. The van der Waals surface area contributed by atoms with E-state index in [0.717, 1.165) is 29.7 Å².